The zero-order chi connectivity index (χ0) is 14.6. The highest BCUT2D eigenvalue weighted by Gasteiger charge is 2.12. The van der Waals surface area contributed by atoms with E-state index in [-0.39, 0.29) is 5.56 Å². The lowest BCUT2D eigenvalue weighted by Crippen LogP contribution is -2.15. The van der Waals surface area contributed by atoms with Crippen molar-refractivity contribution < 1.29 is 0 Å². The van der Waals surface area contributed by atoms with Crippen molar-refractivity contribution in [2.24, 2.45) is 0 Å². The summed E-state index contributed by atoms with van der Waals surface area (Å²) >= 11 is 6.25. The fraction of sp³-hybridized carbons (Fsp3) is 0.0588. The van der Waals surface area contributed by atoms with Crippen LogP contribution in [0.1, 0.15) is 5.69 Å². The Morgan fingerprint density at radius 3 is 2.76 bits per heavy atom. The van der Waals surface area contributed by atoms with Crippen molar-refractivity contribution in [3.05, 3.63) is 69.7 Å². The maximum Gasteiger partial charge on any atom is 0.264 e. The molecule has 0 amide bonds. The minimum Gasteiger partial charge on any atom is -0.282 e. The summed E-state index contributed by atoms with van der Waals surface area (Å²) in [4.78, 5) is 17.3. The van der Waals surface area contributed by atoms with Gasteiger partial charge in [-0.15, -0.1) is 0 Å². The summed E-state index contributed by atoms with van der Waals surface area (Å²) in [5.74, 6) is 0. The van der Waals surface area contributed by atoms with Crippen LogP contribution in [-0.4, -0.2) is 9.38 Å². The maximum atomic E-state index is 12.8. The molecule has 1 aromatic carbocycles. The van der Waals surface area contributed by atoms with Crippen LogP contribution in [0.15, 0.2) is 53.5 Å². The highest BCUT2D eigenvalue weighted by Crippen LogP contribution is 2.27. The van der Waals surface area contributed by atoms with E-state index in [9.17, 15) is 4.79 Å². The molecule has 3 heterocycles. The molecule has 0 bridgehead atoms. The molecule has 102 valence electrons. The van der Waals surface area contributed by atoms with Gasteiger partial charge in [-0.05, 0) is 31.2 Å². The highest BCUT2D eigenvalue weighted by molar-refractivity contribution is 6.34. The van der Waals surface area contributed by atoms with Crippen molar-refractivity contribution in [2.75, 3.05) is 0 Å². The molecule has 3 aromatic heterocycles. The van der Waals surface area contributed by atoms with Crippen LogP contribution in [0.25, 0.3) is 27.2 Å². The highest BCUT2D eigenvalue weighted by atomic mass is 35.5. The lowest BCUT2D eigenvalue weighted by Gasteiger charge is -2.09. The lowest BCUT2D eigenvalue weighted by molar-refractivity contribution is 1.11. The number of nitrogens with zero attached hydrogens (tertiary/aromatic N) is 2. The summed E-state index contributed by atoms with van der Waals surface area (Å²) < 4.78 is 1.58. The van der Waals surface area contributed by atoms with Gasteiger partial charge in [-0.25, -0.2) is 0 Å². The van der Waals surface area contributed by atoms with Crippen molar-refractivity contribution in [3.8, 4) is 0 Å². The number of para-hydroxylation sites is 1. The second kappa shape index (κ2) is 4.30. The Balaban J connectivity index is 2.40. The van der Waals surface area contributed by atoms with E-state index in [1.165, 1.54) is 0 Å². The van der Waals surface area contributed by atoms with E-state index >= 15 is 0 Å². The van der Waals surface area contributed by atoms with Crippen LogP contribution < -0.4 is 5.56 Å². The number of halogens is 1. The molecule has 3 nitrogen and oxygen atoms in total. The van der Waals surface area contributed by atoms with Crippen LogP contribution in [0.2, 0.25) is 5.02 Å². The molecule has 0 spiro atoms. The number of pyridine rings is 3. The van der Waals surface area contributed by atoms with Crippen molar-refractivity contribution in [3.63, 3.8) is 0 Å². The molecule has 4 heteroatoms. The van der Waals surface area contributed by atoms with Crippen molar-refractivity contribution in [1.29, 1.82) is 0 Å². The average Bonchev–Trinajstić information content (AvgIpc) is 2.48. The van der Waals surface area contributed by atoms with Gasteiger partial charge in [0.15, 0.2) is 0 Å². The Hall–Kier alpha value is -2.39. The number of rotatable bonds is 0. The van der Waals surface area contributed by atoms with Gasteiger partial charge in [0.05, 0.1) is 27.1 Å². The normalized spacial score (nSPS) is 11.5. The van der Waals surface area contributed by atoms with Crippen molar-refractivity contribution in [1.82, 2.24) is 9.38 Å². The van der Waals surface area contributed by atoms with Gasteiger partial charge in [-0.1, -0.05) is 29.8 Å². The largest absolute Gasteiger partial charge is 0.282 e. The van der Waals surface area contributed by atoms with E-state index in [0.717, 1.165) is 22.0 Å². The van der Waals surface area contributed by atoms with Gasteiger partial charge in [0.1, 0.15) is 0 Å². The summed E-state index contributed by atoms with van der Waals surface area (Å²) in [5.41, 5.74) is 2.26. The number of aryl methyl sites for hydroxylation is 1. The molecule has 0 saturated heterocycles. The minimum atomic E-state index is -0.0826. The van der Waals surface area contributed by atoms with E-state index in [4.69, 9.17) is 11.6 Å². The molecule has 4 rings (SSSR count). The topological polar surface area (TPSA) is 34.4 Å². The number of aromatic nitrogens is 2. The molecule has 0 atom stereocenters. The van der Waals surface area contributed by atoms with Crippen LogP contribution >= 0.6 is 11.6 Å². The SMILES string of the molecule is Cc1nc2ccccc2c2cc3c(Cl)cccn3c(=O)c12. The first-order valence-electron chi connectivity index (χ1n) is 6.66. The molecule has 0 N–H and O–H groups in total. The van der Waals surface area contributed by atoms with E-state index in [1.807, 2.05) is 37.3 Å². The number of hydrogen-bond donors (Lipinski definition) is 0. The molecule has 0 aliphatic rings. The average molecular weight is 295 g/mol. The van der Waals surface area contributed by atoms with Crippen LogP contribution in [0.4, 0.5) is 0 Å². The Kier molecular flexibility index (Phi) is 2.53. The summed E-state index contributed by atoms with van der Waals surface area (Å²) in [6, 6.07) is 13.4. The van der Waals surface area contributed by atoms with Crippen LogP contribution in [0.5, 0.6) is 0 Å². The summed E-state index contributed by atoms with van der Waals surface area (Å²) in [5, 5.41) is 3.08. The van der Waals surface area contributed by atoms with Crippen LogP contribution in [-0.2, 0) is 0 Å². The zero-order valence-electron chi connectivity index (χ0n) is 11.3. The predicted octanol–water partition coefficient (Wildman–Crippen LogP) is 3.96. The molecular formula is C17H11ClN2O. The Labute approximate surface area is 125 Å². The maximum absolute atomic E-state index is 12.8. The van der Waals surface area contributed by atoms with Gasteiger partial charge in [-0.2, -0.15) is 0 Å². The molecular weight excluding hydrogens is 284 g/mol. The smallest absolute Gasteiger partial charge is 0.264 e. The van der Waals surface area contributed by atoms with E-state index in [0.29, 0.717) is 15.9 Å². The molecule has 0 fully saturated rings. The Bertz CT molecular complexity index is 1080. The third-order valence-electron chi connectivity index (χ3n) is 3.81. The number of hydrogen-bond acceptors (Lipinski definition) is 2. The van der Waals surface area contributed by atoms with E-state index in [1.54, 1.807) is 22.7 Å². The van der Waals surface area contributed by atoms with Crippen molar-refractivity contribution in [2.45, 2.75) is 6.92 Å². The van der Waals surface area contributed by atoms with Crippen LogP contribution in [0.3, 0.4) is 0 Å². The monoisotopic (exact) mass is 294 g/mol. The second-order valence-electron chi connectivity index (χ2n) is 5.06. The predicted molar refractivity (Wildman–Crippen MR) is 86.2 cm³/mol. The molecule has 0 aliphatic carbocycles. The first kappa shape index (κ1) is 12.4. The molecule has 0 saturated carbocycles. The number of fused-ring (bicyclic) bond motifs is 4. The Morgan fingerprint density at radius 1 is 1.10 bits per heavy atom. The molecule has 21 heavy (non-hydrogen) atoms. The number of benzene rings is 1. The molecule has 0 unspecified atom stereocenters. The standard InChI is InChI=1S/C17H11ClN2O/c1-10-16-12(11-5-2-3-7-14(11)19-10)9-15-13(18)6-4-8-20(15)17(16)21/h2-9H,1H3. The minimum absolute atomic E-state index is 0.0826. The quantitative estimate of drug-likeness (QED) is 0.363. The van der Waals surface area contributed by atoms with Crippen LogP contribution in [0, 0.1) is 6.92 Å². The summed E-state index contributed by atoms with van der Waals surface area (Å²) in [7, 11) is 0. The molecule has 0 aliphatic heterocycles. The van der Waals surface area contributed by atoms with E-state index in [2.05, 4.69) is 4.98 Å². The van der Waals surface area contributed by atoms with E-state index < -0.39 is 0 Å². The first-order chi connectivity index (χ1) is 10.2. The molecule has 0 radical (unpaired) electrons. The first-order valence-corrected chi connectivity index (χ1v) is 7.03. The van der Waals surface area contributed by atoms with Gasteiger partial charge < -0.3 is 0 Å². The third kappa shape index (κ3) is 1.68. The third-order valence-corrected chi connectivity index (χ3v) is 4.13. The summed E-state index contributed by atoms with van der Waals surface area (Å²) in [6.45, 7) is 1.87. The lowest BCUT2D eigenvalue weighted by atomic mass is 10.1. The molecule has 4 aromatic rings. The van der Waals surface area contributed by atoms with Gasteiger partial charge >= 0.3 is 0 Å². The zero-order valence-corrected chi connectivity index (χ0v) is 12.1. The fourth-order valence-electron chi connectivity index (χ4n) is 2.85. The van der Waals surface area contributed by atoms with Gasteiger partial charge in [-0.3, -0.25) is 14.2 Å². The Morgan fingerprint density at radius 2 is 1.90 bits per heavy atom. The van der Waals surface area contributed by atoms with Crippen molar-refractivity contribution >= 4 is 38.8 Å². The fourth-order valence-corrected chi connectivity index (χ4v) is 3.07. The second-order valence-corrected chi connectivity index (χ2v) is 5.47. The summed E-state index contributed by atoms with van der Waals surface area (Å²) in [6.07, 6.45) is 1.73. The van der Waals surface area contributed by atoms with Gasteiger partial charge in [0.25, 0.3) is 5.56 Å². The van der Waals surface area contributed by atoms with Gasteiger partial charge in [0, 0.05) is 17.0 Å². The van der Waals surface area contributed by atoms with Gasteiger partial charge in [0.2, 0.25) is 0 Å².